The highest BCUT2D eigenvalue weighted by Gasteiger charge is 2.33. The Labute approximate surface area is 106 Å². The molecule has 0 atom stereocenters. The first kappa shape index (κ1) is 14.7. The zero-order valence-electron chi connectivity index (χ0n) is 10.9. The summed E-state index contributed by atoms with van der Waals surface area (Å²) in [5, 5.41) is 0. The summed E-state index contributed by atoms with van der Waals surface area (Å²) >= 11 is 0. The highest BCUT2D eigenvalue weighted by molar-refractivity contribution is 5.59. The second-order valence-corrected chi connectivity index (χ2v) is 4.35. The molecular weight excluding hydrogens is 241 g/mol. The van der Waals surface area contributed by atoms with E-state index in [0.717, 1.165) is 18.9 Å². The average Bonchev–Trinajstić information content (AvgIpc) is 2.29. The fourth-order valence-electron chi connectivity index (χ4n) is 2.06. The standard InChI is InChI=1S/C13H19F3N2/c1-4-9(5-2)18(3)10-6-7-12(17)11(8-10)13(14,15)16/h6-9H,4-5,17H2,1-3H3. The van der Waals surface area contributed by atoms with Crippen LogP contribution in [-0.4, -0.2) is 13.1 Å². The number of halogens is 3. The first-order valence-electron chi connectivity index (χ1n) is 6.00. The van der Waals surface area contributed by atoms with Gasteiger partial charge in [-0.2, -0.15) is 13.2 Å². The lowest BCUT2D eigenvalue weighted by Crippen LogP contribution is -2.30. The Balaban J connectivity index is 3.12. The van der Waals surface area contributed by atoms with Gasteiger partial charge in [0.25, 0.3) is 0 Å². The van der Waals surface area contributed by atoms with Crippen LogP contribution in [0.2, 0.25) is 0 Å². The van der Waals surface area contributed by atoms with Crippen molar-refractivity contribution in [3.05, 3.63) is 23.8 Å². The molecule has 0 aliphatic carbocycles. The molecule has 0 bridgehead atoms. The van der Waals surface area contributed by atoms with E-state index in [0.29, 0.717) is 5.69 Å². The van der Waals surface area contributed by atoms with Crippen molar-refractivity contribution in [2.45, 2.75) is 38.9 Å². The molecule has 2 nitrogen and oxygen atoms in total. The molecule has 0 unspecified atom stereocenters. The van der Waals surface area contributed by atoms with E-state index < -0.39 is 11.7 Å². The van der Waals surface area contributed by atoms with Crippen molar-refractivity contribution >= 4 is 11.4 Å². The van der Waals surface area contributed by atoms with Crippen LogP contribution in [0, 0.1) is 0 Å². The van der Waals surface area contributed by atoms with Gasteiger partial charge in [-0.3, -0.25) is 0 Å². The minimum atomic E-state index is -4.41. The van der Waals surface area contributed by atoms with E-state index >= 15 is 0 Å². The quantitative estimate of drug-likeness (QED) is 0.831. The number of alkyl halides is 3. The van der Waals surface area contributed by atoms with Crippen molar-refractivity contribution in [3.63, 3.8) is 0 Å². The fraction of sp³-hybridized carbons (Fsp3) is 0.538. The summed E-state index contributed by atoms with van der Waals surface area (Å²) in [5.41, 5.74) is 4.93. The fourth-order valence-corrected chi connectivity index (χ4v) is 2.06. The van der Waals surface area contributed by atoms with E-state index in [4.69, 9.17) is 5.73 Å². The predicted molar refractivity (Wildman–Crippen MR) is 68.6 cm³/mol. The first-order valence-corrected chi connectivity index (χ1v) is 6.00. The van der Waals surface area contributed by atoms with Gasteiger partial charge < -0.3 is 10.6 Å². The van der Waals surface area contributed by atoms with Gasteiger partial charge in [0.15, 0.2) is 0 Å². The van der Waals surface area contributed by atoms with Crippen LogP contribution >= 0.6 is 0 Å². The molecule has 0 aromatic heterocycles. The van der Waals surface area contributed by atoms with Crippen LogP contribution < -0.4 is 10.6 Å². The molecule has 0 spiro atoms. The van der Waals surface area contributed by atoms with Crippen LogP contribution in [0.5, 0.6) is 0 Å². The monoisotopic (exact) mass is 260 g/mol. The van der Waals surface area contributed by atoms with Gasteiger partial charge in [0.2, 0.25) is 0 Å². The Kier molecular flexibility index (Phi) is 4.48. The number of anilines is 2. The molecule has 0 heterocycles. The van der Waals surface area contributed by atoms with E-state index in [1.807, 2.05) is 25.8 Å². The van der Waals surface area contributed by atoms with Gasteiger partial charge in [0.1, 0.15) is 0 Å². The number of hydrogen-bond donors (Lipinski definition) is 1. The Morgan fingerprint density at radius 3 is 2.22 bits per heavy atom. The lowest BCUT2D eigenvalue weighted by Gasteiger charge is -2.29. The molecule has 0 saturated carbocycles. The normalized spacial score (nSPS) is 11.9. The maximum absolute atomic E-state index is 12.8. The Bertz CT molecular complexity index is 398. The smallest absolute Gasteiger partial charge is 0.398 e. The van der Waals surface area contributed by atoms with Crippen molar-refractivity contribution in [2.75, 3.05) is 17.7 Å². The average molecular weight is 260 g/mol. The Hall–Kier alpha value is -1.39. The summed E-state index contributed by atoms with van der Waals surface area (Å²) in [6.45, 7) is 4.04. The molecule has 1 aromatic rings. The molecule has 102 valence electrons. The third-order valence-corrected chi connectivity index (χ3v) is 3.24. The summed E-state index contributed by atoms with van der Waals surface area (Å²) in [6, 6.07) is 4.29. The van der Waals surface area contributed by atoms with Crippen LogP contribution in [0.1, 0.15) is 32.3 Å². The highest BCUT2D eigenvalue weighted by atomic mass is 19.4. The van der Waals surface area contributed by atoms with Crippen LogP contribution in [0.15, 0.2) is 18.2 Å². The largest absolute Gasteiger partial charge is 0.418 e. The summed E-state index contributed by atoms with van der Waals surface area (Å²) in [6.07, 6.45) is -2.63. The molecular formula is C13H19F3N2. The molecule has 18 heavy (non-hydrogen) atoms. The molecule has 2 N–H and O–H groups in total. The SMILES string of the molecule is CCC(CC)N(C)c1ccc(N)c(C(F)(F)F)c1. The van der Waals surface area contributed by atoms with Gasteiger partial charge in [0.05, 0.1) is 5.56 Å². The molecule has 0 amide bonds. The van der Waals surface area contributed by atoms with Gasteiger partial charge >= 0.3 is 6.18 Å². The minimum Gasteiger partial charge on any atom is -0.398 e. The number of rotatable bonds is 4. The van der Waals surface area contributed by atoms with Crippen LogP contribution in [0.4, 0.5) is 24.5 Å². The van der Waals surface area contributed by atoms with Gasteiger partial charge in [-0.25, -0.2) is 0 Å². The van der Waals surface area contributed by atoms with Gasteiger partial charge in [-0.15, -0.1) is 0 Å². The van der Waals surface area contributed by atoms with E-state index in [1.54, 1.807) is 6.07 Å². The summed E-state index contributed by atoms with van der Waals surface area (Å²) in [4.78, 5) is 1.87. The number of hydrogen-bond acceptors (Lipinski definition) is 2. The first-order chi connectivity index (χ1) is 8.31. The molecule has 0 aliphatic rings. The summed E-state index contributed by atoms with van der Waals surface area (Å²) in [7, 11) is 1.81. The zero-order chi connectivity index (χ0) is 13.9. The molecule has 0 fully saturated rings. The van der Waals surface area contributed by atoms with Gasteiger partial charge in [-0.05, 0) is 31.0 Å². The number of benzene rings is 1. The third kappa shape index (κ3) is 3.09. The van der Waals surface area contributed by atoms with Crippen molar-refractivity contribution in [3.8, 4) is 0 Å². The van der Waals surface area contributed by atoms with Crippen molar-refractivity contribution in [2.24, 2.45) is 0 Å². The molecule has 5 heteroatoms. The van der Waals surface area contributed by atoms with Crippen molar-refractivity contribution in [1.82, 2.24) is 0 Å². The Morgan fingerprint density at radius 2 is 1.78 bits per heavy atom. The minimum absolute atomic E-state index is 0.231. The lowest BCUT2D eigenvalue weighted by molar-refractivity contribution is -0.136. The highest BCUT2D eigenvalue weighted by Crippen LogP contribution is 2.36. The third-order valence-electron chi connectivity index (χ3n) is 3.24. The van der Waals surface area contributed by atoms with Crippen LogP contribution in [0.3, 0.4) is 0 Å². The van der Waals surface area contributed by atoms with E-state index in [-0.39, 0.29) is 11.7 Å². The topological polar surface area (TPSA) is 29.3 Å². The predicted octanol–water partition coefficient (Wildman–Crippen LogP) is 3.91. The van der Waals surface area contributed by atoms with Crippen LogP contribution in [-0.2, 0) is 6.18 Å². The molecule has 0 saturated heterocycles. The zero-order valence-corrected chi connectivity index (χ0v) is 10.9. The maximum Gasteiger partial charge on any atom is 0.418 e. The van der Waals surface area contributed by atoms with E-state index in [1.165, 1.54) is 6.07 Å². The van der Waals surface area contributed by atoms with E-state index in [2.05, 4.69) is 0 Å². The second kappa shape index (κ2) is 5.50. The molecule has 0 aliphatic heterocycles. The number of nitrogens with two attached hydrogens (primary N) is 1. The summed E-state index contributed by atoms with van der Waals surface area (Å²) < 4.78 is 38.3. The maximum atomic E-state index is 12.8. The second-order valence-electron chi connectivity index (χ2n) is 4.35. The molecule has 1 rings (SSSR count). The number of nitrogens with zero attached hydrogens (tertiary/aromatic N) is 1. The Morgan fingerprint density at radius 1 is 1.22 bits per heavy atom. The molecule has 1 aromatic carbocycles. The van der Waals surface area contributed by atoms with Crippen LogP contribution in [0.25, 0.3) is 0 Å². The van der Waals surface area contributed by atoms with Crippen molar-refractivity contribution < 1.29 is 13.2 Å². The van der Waals surface area contributed by atoms with Gasteiger partial charge in [0, 0.05) is 24.5 Å². The van der Waals surface area contributed by atoms with Crippen molar-refractivity contribution in [1.29, 1.82) is 0 Å². The van der Waals surface area contributed by atoms with E-state index in [9.17, 15) is 13.2 Å². The molecule has 0 radical (unpaired) electrons. The summed E-state index contributed by atoms with van der Waals surface area (Å²) in [5.74, 6) is 0. The lowest BCUT2D eigenvalue weighted by atomic mass is 10.1. The van der Waals surface area contributed by atoms with Gasteiger partial charge in [-0.1, -0.05) is 13.8 Å². The number of nitrogen functional groups attached to an aromatic ring is 1.